The maximum absolute atomic E-state index is 12.4. The molecule has 2 rings (SSSR count). The lowest BCUT2D eigenvalue weighted by Gasteiger charge is -2.07. The SMILES string of the molecule is Cc1nc(-c2c(C)c(C)nn(C)c2=O)sc1C(=O)NCCCC(=O)O. The molecular weight excluding hydrogens is 344 g/mol. The molecule has 25 heavy (non-hydrogen) atoms. The first-order chi connectivity index (χ1) is 11.7. The number of aromatic nitrogens is 3. The first-order valence-electron chi connectivity index (χ1n) is 7.74. The minimum atomic E-state index is -0.898. The highest BCUT2D eigenvalue weighted by Crippen LogP contribution is 2.28. The number of nitrogens with one attached hydrogen (secondary N) is 1. The third-order valence-corrected chi connectivity index (χ3v) is 4.97. The van der Waals surface area contributed by atoms with Crippen LogP contribution in [0, 0.1) is 20.8 Å². The highest BCUT2D eigenvalue weighted by Gasteiger charge is 2.20. The molecule has 0 aliphatic rings. The fraction of sp³-hybridized carbons (Fsp3) is 0.438. The third kappa shape index (κ3) is 4.11. The number of nitrogens with zero attached hydrogens (tertiary/aromatic N) is 3. The highest BCUT2D eigenvalue weighted by atomic mass is 32.1. The van der Waals surface area contributed by atoms with Crippen molar-refractivity contribution in [2.24, 2.45) is 7.05 Å². The summed E-state index contributed by atoms with van der Waals surface area (Å²) in [7, 11) is 1.58. The Hall–Kier alpha value is -2.55. The van der Waals surface area contributed by atoms with Crippen LogP contribution in [0.5, 0.6) is 0 Å². The standard InChI is InChI=1S/C16H20N4O4S/c1-8-9(2)19-20(4)16(24)12(8)15-18-10(3)13(25-15)14(23)17-7-5-6-11(21)22/h5-7H2,1-4H3,(H,17,23)(H,21,22). The Morgan fingerprint density at radius 2 is 1.92 bits per heavy atom. The van der Waals surface area contributed by atoms with Crippen molar-refractivity contribution >= 4 is 23.2 Å². The molecule has 2 aromatic heterocycles. The lowest BCUT2D eigenvalue weighted by Crippen LogP contribution is -2.24. The molecule has 0 aliphatic heterocycles. The lowest BCUT2D eigenvalue weighted by molar-refractivity contribution is -0.137. The Bertz CT molecular complexity index is 885. The molecule has 8 nitrogen and oxygen atoms in total. The smallest absolute Gasteiger partial charge is 0.303 e. The Morgan fingerprint density at radius 3 is 2.56 bits per heavy atom. The number of aliphatic carboxylic acids is 1. The summed E-state index contributed by atoms with van der Waals surface area (Å²) >= 11 is 1.15. The van der Waals surface area contributed by atoms with Gasteiger partial charge in [-0.05, 0) is 32.8 Å². The molecule has 1 amide bonds. The van der Waals surface area contributed by atoms with Crippen molar-refractivity contribution in [3.63, 3.8) is 0 Å². The number of carbonyl (C=O) groups excluding carboxylic acids is 1. The average molecular weight is 364 g/mol. The van der Waals surface area contributed by atoms with Crippen LogP contribution >= 0.6 is 11.3 Å². The van der Waals surface area contributed by atoms with Crippen molar-refractivity contribution in [3.05, 3.63) is 32.2 Å². The number of carboxylic acids is 1. The molecule has 0 aromatic carbocycles. The second kappa shape index (κ2) is 7.56. The Morgan fingerprint density at radius 1 is 1.24 bits per heavy atom. The number of rotatable bonds is 6. The van der Waals surface area contributed by atoms with E-state index in [1.807, 2.05) is 6.92 Å². The molecule has 2 heterocycles. The van der Waals surface area contributed by atoms with Gasteiger partial charge in [0.2, 0.25) is 0 Å². The van der Waals surface area contributed by atoms with Crippen LogP contribution < -0.4 is 10.9 Å². The minimum Gasteiger partial charge on any atom is -0.481 e. The summed E-state index contributed by atoms with van der Waals surface area (Å²) in [6, 6.07) is 0. The van der Waals surface area contributed by atoms with Crippen LogP contribution in [0.3, 0.4) is 0 Å². The van der Waals surface area contributed by atoms with Gasteiger partial charge in [-0.15, -0.1) is 11.3 Å². The normalized spacial score (nSPS) is 10.7. The van der Waals surface area contributed by atoms with Crippen LogP contribution in [-0.4, -0.2) is 38.3 Å². The predicted octanol–water partition coefficient (Wildman–Crippen LogP) is 1.42. The van der Waals surface area contributed by atoms with E-state index in [1.54, 1.807) is 20.9 Å². The van der Waals surface area contributed by atoms with E-state index in [0.717, 1.165) is 22.6 Å². The monoisotopic (exact) mass is 364 g/mol. The van der Waals surface area contributed by atoms with Gasteiger partial charge in [-0.1, -0.05) is 0 Å². The zero-order valence-electron chi connectivity index (χ0n) is 14.5. The number of hydrogen-bond acceptors (Lipinski definition) is 6. The summed E-state index contributed by atoms with van der Waals surface area (Å²) < 4.78 is 1.26. The van der Waals surface area contributed by atoms with Gasteiger partial charge in [0.15, 0.2) is 0 Å². The zero-order chi connectivity index (χ0) is 18.7. The minimum absolute atomic E-state index is 0.00126. The fourth-order valence-electron chi connectivity index (χ4n) is 2.34. The summed E-state index contributed by atoms with van der Waals surface area (Å²) in [6.07, 6.45) is 0.355. The molecule has 0 saturated heterocycles. The van der Waals surface area contributed by atoms with Crippen molar-refractivity contribution in [3.8, 4) is 10.6 Å². The summed E-state index contributed by atoms with van der Waals surface area (Å²) in [5.41, 5.74) is 2.19. The molecular formula is C16H20N4O4S. The van der Waals surface area contributed by atoms with E-state index in [2.05, 4.69) is 15.4 Å². The molecule has 0 spiro atoms. The van der Waals surface area contributed by atoms with Crippen LogP contribution in [0.2, 0.25) is 0 Å². The Balaban J connectivity index is 2.28. The Kier molecular flexibility index (Phi) is 5.68. The highest BCUT2D eigenvalue weighted by molar-refractivity contribution is 7.17. The maximum Gasteiger partial charge on any atom is 0.303 e. The largest absolute Gasteiger partial charge is 0.481 e. The number of aryl methyl sites for hydroxylation is 3. The molecule has 0 radical (unpaired) electrons. The van der Waals surface area contributed by atoms with Gasteiger partial charge < -0.3 is 10.4 Å². The summed E-state index contributed by atoms with van der Waals surface area (Å²) in [5, 5.41) is 15.9. The molecule has 134 valence electrons. The first kappa shape index (κ1) is 18.8. The second-order valence-electron chi connectivity index (χ2n) is 5.70. The van der Waals surface area contributed by atoms with Crippen molar-refractivity contribution < 1.29 is 14.7 Å². The third-order valence-electron chi connectivity index (χ3n) is 3.80. The molecule has 0 saturated carbocycles. The van der Waals surface area contributed by atoms with E-state index >= 15 is 0 Å². The molecule has 0 atom stereocenters. The second-order valence-corrected chi connectivity index (χ2v) is 6.70. The topological polar surface area (TPSA) is 114 Å². The molecule has 0 unspecified atom stereocenters. The number of hydrogen-bond donors (Lipinski definition) is 2. The fourth-order valence-corrected chi connectivity index (χ4v) is 3.41. The van der Waals surface area contributed by atoms with E-state index < -0.39 is 5.97 Å². The maximum atomic E-state index is 12.4. The molecule has 2 N–H and O–H groups in total. The Labute approximate surface area is 148 Å². The predicted molar refractivity (Wildman–Crippen MR) is 94.0 cm³/mol. The summed E-state index contributed by atoms with van der Waals surface area (Å²) in [5.74, 6) is -1.21. The van der Waals surface area contributed by atoms with Crippen molar-refractivity contribution in [1.82, 2.24) is 20.1 Å². The van der Waals surface area contributed by atoms with Gasteiger partial charge in [-0.25, -0.2) is 9.67 Å². The van der Waals surface area contributed by atoms with Crippen LogP contribution in [0.4, 0.5) is 0 Å². The average Bonchev–Trinajstić information content (AvgIpc) is 2.91. The van der Waals surface area contributed by atoms with Gasteiger partial charge in [0, 0.05) is 20.0 Å². The van der Waals surface area contributed by atoms with E-state index in [4.69, 9.17) is 5.11 Å². The summed E-state index contributed by atoms with van der Waals surface area (Å²) in [4.78, 5) is 40.0. The van der Waals surface area contributed by atoms with Gasteiger partial charge in [0.25, 0.3) is 11.5 Å². The van der Waals surface area contributed by atoms with E-state index in [1.165, 1.54) is 4.68 Å². The number of carboxylic acid groups (broad SMARTS) is 1. The molecule has 0 bridgehead atoms. The van der Waals surface area contributed by atoms with E-state index in [9.17, 15) is 14.4 Å². The van der Waals surface area contributed by atoms with Gasteiger partial charge in [-0.2, -0.15) is 5.10 Å². The van der Waals surface area contributed by atoms with Crippen LogP contribution in [0.1, 0.15) is 39.5 Å². The van der Waals surface area contributed by atoms with E-state index in [0.29, 0.717) is 27.6 Å². The molecule has 0 fully saturated rings. The van der Waals surface area contributed by atoms with E-state index in [-0.39, 0.29) is 24.4 Å². The first-order valence-corrected chi connectivity index (χ1v) is 8.56. The van der Waals surface area contributed by atoms with Gasteiger partial charge in [0.05, 0.1) is 17.0 Å². The van der Waals surface area contributed by atoms with Crippen molar-refractivity contribution in [2.75, 3.05) is 6.54 Å². The summed E-state index contributed by atoms with van der Waals surface area (Å²) in [6.45, 7) is 5.60. The molecule has 0 aliphatic carbocycles. The van der Waals surface area contributed by atoms with Gasteiger partial charge in [-0.3, -0.25) is 14.4 Å². The number of carbonyl (C=O) groups is 2. The zero-order valence-corrected chi connectivity index (χ0v) is 15.4. The lowest BCUT2D eigenvalue weighted by atomic mass is 10.1. The van der Waals surface area contributed by atoms with Crippen molar-refractivity contribution in [1.29, 1.82) is 0 Å². The molecule has 9 heteroatoms. The quantitative estimate of drug-likeness (QED) is 0.749. The van der Waals surface area contributed by atoms with Crippen molar-refractivity contribution in [2.45, 2.75) is 33.6 Å². The van der Waals surface area contributed by atoms with Crippen LogP contribution in [0.25, 0.3) is 10.6 Å². The van der Waals surface area contributed by atoms with Crippen LogP contribution in [0.15, 0.2) is 4.79 Å². The number of amides is 1. The van der Waals surface area contributed by atoms with Gasteiger partial charge >= 0.3 is 5.97 Å². The van der Waals surface area contributed by atoms with Crippen LogP contribution in [-0.2, 0) is 11.8 Å². The molecule has 2 aromatic rings. The number of thiazole rings is 1. The van der Waals surface area contributed by atoms with Gasteiger partial charge in [0.1, 0.15) is 9.88 Å².